The number of allylic oxidation sites excluding steroid dienone is 4. The van der Waals surface area contributed by atoms with E-state index in [0.29, 0.717) is 13.0 Å². The number of rotatable bonds is 5. The maximum absolute atomic E-state index is 10.6. The van der Waals surface area contributed by atoms with Gasteiger partial charge in [-0.25, -0.2) is 0 Å². The second-order valence-corrected chi connectivity index (χ2v) is 8.76. The van der Waals surface area contributed by atoms with Crippen LogP contribution >= 0.6 is 0 Å². The molecule has 0 aliphatic carbocycles. The van der Waals surface area contributed by atoms with Crippen molar-refractivity contribution < 1.29 is 24.1 Å². The fourth-order valence-electron chi connectivity index (χ4n) is 4.54. The predicted octanol–water partition coefficient (Wildman–Crippen LogP) is 5.97. The van der Waals surface area contributed by atoms with Gasteiger partial charge in [0.2, 0.25) is 6.79 Å². The van der Waals surface area contributed by atoms with Gasteiger partial charge in [0.05, 0.1) is 12.5 Å². The van der Waals surface area contributed by atoms with Gasteiger partial charge in [0, 0.05) is 22.8 Å². The van der Waals surface area contributed by atoms with Crippen LogP contribution in [0.4, 0.5) is 0 Å². The van der Waals surface area contributed by atoms with Gasteiger partial charge in [-0.15, -0.1) is 0 Å². The van der Waals surface area contributed by atoms with Gasteiger partial charge in [-0.05, 0) is 58.2 Å². The van der Waals surface area contributed by atoms with E-state index in [2.05, 4.69) is 32.9 Å². The van der Waals surface area contributed by atoms with Gasteiger partial charge >= 0.3 is 0 Å². The number of fused-ring (bicyclic) bond motifs is 6. The lowest BCUT2D eigenvalue weighted by Gasteiger charge is -2.29. The fraction of sp³-hybridized carbons (Fsp3) is 0.385. The van der Waals surface area contributed by atoms with Gasteiger partial charge in [-0.2, -0.15) is 0 Å². The van der Waals surface area contributed by atoms with Crippen molar-refractivity contribution in [2.75, 3.05) is 13.4 Å². The molecule has 0 aromatic heterocycles. The normalized spacial score (nSPS) is 20.3. The van der Waals surface area contributed by atoms with Crippen LogP contribution in [0.15, 0.2) is 47.6 Å². The standard InChI is InChI=1S/C26H28O5/c1-15(2)5-4-6-16(3)7-8-17-21(27)10-9-18-25(17)28-13-20-19-11-23-24(30-14-29-23)12-22(19)31-26(18)20/h5,7,9-12,20,26-27H,4,6,8,13-14H2,1-3H3/b16-7+. The molecule has 2 aromatic rings. The molecule has 31 heavy (non-hydrogen) atoms. The molecule has 2 unspecified atom stereocenters. The lowest BCUT2D eigenvalue weighted by atomic mass is 9.87. The average Bonchev–Trinajstić information content (AvgIpc) is 3.34. The van der Waals surface area contributed by atoms with E-state index in [9.17, 15) is 5.11 Å². The molecule has 0 saturated carbocycles. The van der Waals surface area contributed by atoms with Crippen LogP contribution in [0, 0.1) is 0 Å². The Morgan fingerprint density at radius 2 is 1.81 bits per heavy atom. The summed E-state index contributed by atoms with van der Waals surface area (Å²) in [4.78, 5) is 0. The van der Waals surface area contributed by atoms with E-state index >= 15 is 0 Å². The highest BCUT2D eigenvalue weighted by atomic mass is 16.7. The van der Waals surface area contributed by atoms with Gasteiger partial charge in [0.25, 0.3) is 0 Å². The minimum atomic E-state index is -0.136. The molecule has 0 radical (unpaired) electrons. The summed E-state index contributed by atoms with van der Waals surface area (Å²) in [5.74, 6) is 3.41. The Labute approximate surface area is 182 Å². The third-order valence-corrected chi connectivity index (χ3v) is 6.25. The Hall–Kier alpha value is -3.08. The summed E-state index contributed by atoms with van der Waals surface area (Å²) < 4.78 is 23.6. The van der Waals surface area contributed by atoms with Crippen molar-refractivity contribution in [2.24, 2.45) is 0 Å². The van der Waals surface area contributed by atoms with Crippen molar-refractivity contribution in [3.05, 3.63) is 64.3 Å². The van der Waals surface area contributed by atoms with Gasteiger partial charge in [-0.1, -0.05) is 23.3 Å². The first-order valence-corrected chi connectivity index (χ1v) is 10.9. The third-order valence-electron chi connectivity index (χ3n) is 6.25. The molecule has 2 atom stereocenters. The van der Waals surface area contributed by atoms with Crippen LogP contribution in [0.2, 0.25) is 0 Å². The summed E-state index contributed by atoms with van der Waals surface area (Å²) in [7, 11) is 0. The quantitative estimate of drug-likeness (QED) is 0.604. The van der Waals surface area contributed by atoms with Gasteiger partial charge in [-0.3, -0.25) is 0 Å². The van der Waals surface area contributed by atoms with E-state index in [4.69, 9.17) is 18.9 Å². The molecular formula is C26H28O5. The smallest absolute Gasteiger partial charge is 0.231 e. The van der Waals surface area contributed by atoms with E-state index in [1.54, 1.807) is 6.07 Å². The van der Waals surface area contributed by atoms with Crippen molar-refractivity contribution in [1.29, 1.82) is 0 Å². The molecular weight excluding hydrogens is 392 g/mol. The van der Waals surface area contributed by atoms with E-state index < -0.39 is 0 Å². The van der Waals surface area contributed by atoms with Gasteiger partial charge in [0.1, 0.15) is 23.4 Å². The Morgan fingerprint density at radius 1 is 1.00 bits per heavy atom. The first-order valence-electron chi connectivity index (χ1n) is 10.9. The monoisotopic (exact) mass is 420 g/mol. The van der Waals surface area contributed by atoms with E-state index in [0.717, 1.165) is 52.5 Å². The number of ether oxygens (including phenoxy) is 4. The third kappa shape index (κ3) is 3.62. The summed E-state index contributed by atoms with van der Waals surface area (Å²) >= 11 is 0. The van der Waals surface area contributed by atoms with Crippen LogP contribution in [-0.2, 0) is 6.42 Å². The molecule has 3 aliphatic heterocycles. The fourth-order valence-corrected chi connectivity index (χ4v) is 4.54. The summed E-state index contributed by atoms with van der Waals surface area (Å²) in [5, 5.41) is 10.6. The second-order valence-electron chi connectivity index (χ2n) is 8.76. The SMILES string of the molecule is CC(C)=CCC/C(C)=C/Cc1c(O)ccc2c1OCC1c3cc4c(cc3OC21)OCO4. The van der Waals surface area contributed by atoms with Crippen LogP contribution in [0.5, 0.6) is 28.7 Å². The summed E-state index contributed by atoms with van der Waals surface area (Å²) in [6.45, 7) is 7.13. The minimum Gasteiger partial charge on any atom is -0.508 e. The van der Waals surface area contributed by atoms with Crippen LogP contribution in [0.1, 0.15) is 62.3 Å². The highest BCUT2D eigenvalue weighted by molar-refractivity contribution is 5.59. The highest BCUT2D eigenvalue weighted by Crippen LogP contribution is 2.55. The lowest BCUT2D eigenvalue weighted by molar-refractivity contribution is 0.137. The van der Waals surface area contributed by atoms with Gasteiger partial charge < -0.3 is 24.1 Å². The summed E-state index contributed by atoms with van der Waals surface area (Å²) in [6, 6.07) is 7.60. The molecule has 5 nitrogen and oxygen atoms in total. The minimum absolute atomic E-state index is 0.0933. The molecule has 2 aromatic carbocycles. The molecule has 0 fully saturated rings. The van der Waals surface area contributed by atoms with Crippen molar-refractivity contribution in [3.63, 3.8) is 0 Å². The molecule has 0 spiro atoms. The number of hydrogen-bond acceptors (Lipinski definition) is 5. The maximum atomic E-state index is 10.6. The molecule has 0 bridgehead atoms. The lowest BCUT2D eigenvalue weighted by Crippen LogP contribution is -2.24. The first-order chi connectivity index (χ1) is 15.0. The largest absolute Gasteiger partial charge is 0.508 e. The van der Waals surface area contributed by atoms with E-state index in [1.165, 1.54) is 11.1 Å². The predicted molar refractivity (Wildman–Crippen MR) is 118 cm³/mol. The van der Waals surface area contributed by atoms with E-state index in [-0.39, 0.29) is 24.6 Å². The van der Waals surface area contributed by atoms with Crippen LogP contribution in [-0.4, -0.2) is 18.5 Å². The molecule has 5 rings (SSSR count). The van der Waals surface area contributed by atoms with E-state index in [1.807, 2.05) is 18.2 Å². The molecule has 162 valence electrons. The molecule has 0 amide bonds. The van der Waals surface area contributed by atoms with Crippen LogP contribution in [0.3, 0.4) is 0 Å². The second kappa shape index (κ2) is 7.88. The number of hydrogen-bond donors (Lipinski definition) is 1. The molecule has 3 aliphatic rings. The first kappa shape index (κ1) is 19.9. The van der Waals surface area contributed by atoms with Crippen molar-refractivity contribution in [1.82, 2.24) is 0 Å². The Morgan fingerprint density at radius 3 is 2.61 bits per heavy atom. The van der Waals surface area contributed by atoms with Crippen molar-refractivity contribution in [2.45, 2.75) is 52.1 Å². The van der Waals surface area contributed by atoms with Crippen molar-refractivity contribution in [3.8, 4) is 28.7 Å². The zero-order valence-corrected chi connectivity index (χ0v) is 18.2. The Kier molecular flexibility index (Phi) is 5.05. The maximum Gasteiger partial charge on any atom is 0.231 e. The van der Waals surface area contributed by atoms with Crippen LogP contribution < -0.4 is 18.9 Å². The number of phenols is 1. The summed E-state index contributed by atoms with van der Waals surface area (Å²) in [6.07, 6.45) is 6.99. The van der Waals surface area contributed by atoms with Crippen molar-refractivity contribution >= 4 is 0 Å². The zero-order valence-electron chi connectivity index (χ0n) is 18.2. The average molecular weight is 421 g/mol. The molecule has 1 N–H and O–H groups in total. The van der Waals surface area contributed by atoms with Crippen LogP contribution in [0.25, 0.3) is 0 Å². The Bertz CT molecular complexity index is 1080. The Balaban J connectivity index is 1.40. The number of aromatic hydroxyl groups is 1. The topological polar surface area (TPSA) is 57.2 Å². The number of phenolic OH excluding ortho intramolecular Hbond substituents is 1. The number of benzene rings is 2. The van der Waals surface area contributed by atoms with Gasteiger partial charge in [0.15, 0.2) is 11.5 Å². The summed E-state index contributed by atoms with van der Waals surface area (Å²) in [5.41, 5.74) is 5.54. The molecule has 0 saturated heterocycles. The molecule has 3 heterocycles. The molecule has 5 heteroatoms. The highest BCUT2D eigenvalue weighted by Gasteiger charge is 2.43. The zero-order chi connectivity index (χ0) is 21.5.